The molecule has 0 aliphatic carbocycles. The third-order valence-electron chi connectivity index (χ3n) is 2.80. The van der Waals surface area contributed by atoms with Gasteiger partial charge in [0, 0.05) is 17.3 Å². The fraction of sp³-hybridized carbons (Fsp3) is 0.250. The van der Waals surface area contributed by atoms with Crippen molar-refractivity contribution in [3.8, 4) is 0 Å². The molecule has 0 bridgehead atoms. The molecule has 1 aliphatic rings. The summed E-state index contributed by atoms with van der Waals surface area (Å²) < 4.78 is 0. The molecule has 15 heavy (non-hydrogen) atoms. The molecule has 0 fully saturated rings. The average Bonchev–Trinajstić information content (AvgIpc) is 2.82. The molecule has 1 N–H and O–H groups in total. The summed E-state index contributed by atoms with van der Waals surface area (Å²) in [5, 5.41) is 6.79. The Morgan fingerprint density at radius 1 is 1.33 bits per heavy atom. The molecule has 3 rings (SSSR count). The van der Waals surface area contributed by atoms with Crippen molar-refractivity contribution >= 4 is 17.0 Å². The smallest absolute Gasteiger partial charge is 0.115 e. The maximum absolute atomic E-state index is 4.37. The number of hydrogen-bond acceptors (Lipinski definition) is 3. The number of nitrogens with one attached hydrogen (secondary N) is 1. The standard InChI is InChI=1S/C12H12N2S/c1-2-4-10-9(3-1)5-6-11(14-10)12-13-7-8-15-12/h1-4,7-8,11,14H,5-6H2. The molecule has 0 radical (unpaired) electrons. The lowest BCUT2D eigenvalue weighted by Crippen LogP contribution is -2.17. The van der Waals surface area contributed by atoms with E-state index in [1.54, 1.807) is 11.3 Å². The first kappa shape index (κ1) is 8.92. The zero-order chi connectivity index (χ0) is 10.1. The van der Waals surface area contributed by atoms with E-state index in [-0.39, 0.29) is 0 Å². The molecule has 0 spiro atoms. The Labute approximate surface area is 93.0 Å². The van der Waals surface area contributed by atoms with Gasteiger partial charge in [0.15, 0.2) is 0 Å². The van der Waals surface area contributed by atoms with Crippen LogP contribution in [0.15, 0.2) is 35.8 Å². The van der Waals surface area contributed by atoms with Crippen LogP contribution in [-0.2, 0) is 6.42 Å². The average molecular weight is 216 g/mol. The Kier molecular flexibility index (Phi) is 2.18. The predicted molar refractivity (Wildman–Crippen MR) is 63.2 cm³/mol. The van der Waals surface area contributed by atoms with E-state index in [0.29, 0.717) is 6.04 Å². The van der Waals surface area contributed by atoms with E-state index in [4.69, 9.17) is 0 Å². The Morgan fingerprint density at radius 3 is 3.13 bits per heavy atom. The van der Waals surface area contributed by atoms with Crippen molar-refractivity contribution in [2.24, 2.45) is 0 Å². The van der Waals surface area contributed by atoms with E-state index in [2.05, 4.69) is 34.6 Å². The first-order valence-electron chi connectivity index (χ1n) is 5.17. The SMILES string of the molecule is c1ccc2c(c1)CCC(c1nccs1)N2. The van der Waals surface area contributed by atoms with Crippen molar-refractivity contribution in [2.75, 3.05) is 5.32 Å². The quantitative estimate of drug-likeness (QED) is 0.791. The molecule has 76 valence electrons. The number of benzene rings is 1. The Morgan fingerprint density at radius 2 is 2.27 bits per heavy atom. The summed E-state index contributed by atoms with van der Waals surface area (Å²) in [7, 11) is 0. The van der Waals surface area contributed by atoms with Gasteiger partial charge in [-0.3, -0.25) is 0 Å². The predicted octanol–water partition coefficient (Wildman–Crippen LogP) is 3.24. The second kappa shape index (κ2) is 3.66. The number of aromatic nitrogens is 1. The van der Waals surface area contributed by atoms with Crippen LogP contribution in [0.25, 0.3) is 0 Å². The molecule has 2 aromatic rings. The van der Waals surface area contributed by atoms with Crippen LogP contribution in [0.3, 0.4) is 0 Å². The van der Waals surface area contributed by atoms with E-state index < -0.39 is 0 Å². The minimum atomic E-state index is 0.403. The van der Waals surface area contributed by atoms with Gasteiger partial charge in [-0.1, -0.05) is 18.2 Å². The minimum absolute atomic E-state index is 0.403. The van der Waals surface area contributed by atoms with Crippen LogP contribution in [0.1, 0.15) is 23.0 Å². The molecule has 2 nitrogen and oxygen atoms in total. The Bertz CT molecular complexity index is 450. The summed E-state index contributed by atoms with van der Waals surface area (Å²) in [5.74, 6) is 0. The van der Waals surface area contributed by atoms with Gasteiger partial charge in [-0.25, -0.2) is 4.98 Å². The highest BCUT2D eigenvalue weighted by Gasteiger charge is 2.20. The first-order chi connectivity index (χ1) is 7.43. The maximum Gasteiger partial charge on any atom is 0.115 e. The summed E-state index contributed by atoms with van der Waals surface area (Å²) in [5.41, 5.74) is 2.69. The van der Waals surface area contributed by atoms with Crippen LogP contribution >= 0.6 is 11.3 Å². The molecule has 0 saturated carbocycles. The summed E-state index contributed by atoms with van der Waals surface area (Å²) in [6.07, 6.45) is 4.17. The van der Waals surface area contributed by atoms with Crippen molar-refractivity contribution < 1.29 is 0 Å². The molecule has 1 aromatic heterocycles. The second-order valence-electron chi connectivity index (χ2n) is 3.76. The molecule has 3 heteroatoms. The highest BCUT2D eigenvalue weighted by Crippen LogP contribution is 2.32. The minimum Gasteiger partial charge on any atom is -0.376 e. The normalized spacial score (nSPS) is 19.3. The zero-order valence-electron chi connectivity index (χ0n) is 8.31. The summed E-state index contributed by atoms with van der Waals surface area (Å²) in [6.45, 7) is 0. The molecular weight excluding hydrogens is 204 g/mol. The fourth-order valence-corrected chi connectivity index (χ4v) is 2.75. The molecule has 1 atom stereocenters. The molecule has 1 aliphatic heterocycles. The molecule has 2 heterocycles. The zero-order valence-corrected chi connectivity index (χ0v) is 9.13. The summed E-state index contributed by atoms with van der Waals surface area (Å²) >= 11 is 1.73. The molecule has 0 amide bonds. The number of aryl methyl sites for hydroxylation is 1. The number of para-hydroxylation sites is 1. The van der Waals surface area contributed by atoms with E-state index in [1.807, 2.05) is 11.6 Å². The van der Waals surface area contributed by atoms with Crippen LogP contribution in [-0.4, -0.2) is 4.98 Å². The third kappa shape index (κ3) is 1.63. The monoisotopic (exact) mass is 216 g/mol. The van der Waals surface area contributed by atoms with Gasteiger partial charge in [0.2, 0.25) is 0 Å². The van der Waals surface area contributed by atoms with Crippen molar-refractivity contribution in [3.63, 3.8) is 0 Å². The third-order valence-corrected chi connectivity index (χ3v) is 3.69. The van der Waals surface area contributed by atoms with E-state index in [0.717, 1.165) is 12.8 Å². The van der Waals surface area contributed by atoms with Gasteiger partial charge in [-0.05, 0) is 24.5 Å². The number of nitrogens with zero attached hydrogens (tertiary/aromatic N) is 1. The van der Waals surface area contributed by atoms with Crippen LogP contribution in [0.5, 0.6) is 0 Å². The largest absolute Gasteiger partial charge is 0.376 e. The van der Waals surface area contributed by atoms with Crippen LogP contribution in [0.2, 0.25) is 0 Å². The summed E-state index contributed by atoms with van der Waals surface area (Å²) in [4.78, 5) is 4.37. The first-order valence-corrected chi connectivity index (χ1v) is 6.05. The van der Waals surface area contributed by atoms with Gasteiger partial charge in [0.1, 0.15) is 5.01 Å². The Hall–Kier alpha value is -1.35. The van der Waals surface area contributed by atoms with Gasteiger partial charge in [0.25, 0.3) is 0 Å². The van der Waals surface area contributed by atoms with Crippen molar-refractivity contribution in [3.05, 3.63) is 46.4 Å². The highest BCUT2D eigenvalue weighted by atomic mass is 32.1. The van der Waals surface area contributed by atoms with Gasteiger partial charge in [0.05, 0.1) is 6.04 Å². The van der Waals surface area contributed by atoms with Crippen molar-refractivity contribution in [1.29, 1.82) is 0 Å². The van der Waals surface area contributed by atoms with E-state index in [9.17, 15) is 0 Å². The van der Waals surface area contributed by atoms with Crippen LogP contribution < -0.4 is 5.32 Å². The second-order valence-corrected chi connectivity index (χ2v) is 4.69. The van der Waals surface area contributed by atoms with Crippen molar-refractivity contribution in [1.82, 2.24) is 4.98 Å². The molecular formula is C12H12N2S. The van der Waals surface area contributed by atoms with Crippen LogP contribution in [0.4, 0.5) is 5.69 Å². The molecule has 1 unspecified atom stereocenters. The lowest BCUT2D eigenvalue weighted by atomic mass is 9.98. The molecule has 0 saturated heterocycles. The molecule has 1 aromatic carbocycles. The van der Waals surface area contributed by atoms with E-state index in [1.165, 1.54) is 16.3 Å². The number of fused-ring (bicyclic) bond motifs is 1. The van der Waals surface area contributed by atoms with Gasteiger partial charge in [-0.15, -0.1) is 11.3 Å². The topological polar surface area (TPSA) is 24.9 Å². The summed E-state index contributed by atoms with van der Waals surface area (Å²) in [6, 6.07) is 8.93. The number of anilines is 1. The van der Waals surface area contributed by atoms with E-state index >= 15 is 0 Å². The van der Waals surface area contributed by atoms with Gasteiger partial charge < -0.3 is 5.32 Å². The van der Waals surface area contributed by atoms with Crippen LogP contribution in [0, 0.1) is 0 Å². The lowest BCUT2D eigenvalue weighted by molar-refractivity contribution is 0.663. The van der Waals surface area contributed by atoms with Gasteiger partial charge in [-0.2, -0.15) is 0 Å². The Balaban J connectivity index is 1.89. The van der Waals surface area contributed by atoms with Gasteiger partial charge >= 0.3 is 0 Å². The maximum atomic E-state index is 4.37. The fourth-order valence-electron chi connectivity index (χ4n) is 2.03. The van der Waals surface area contributed by atoms with Crippen molar-refractivity contribution in [2.45, 2.75) is 18.9 Å². The number of thiazole rings is 1. The lowest BCUT2D eigenvalue weighted by Gasteiger charge is -2.25. The number of rotatable bonds is 1. The highest BCUT2D eigenvalue weighted by molar-refractivity contribution is 7.09. The number of hydrogen-bond donors (Lipinski definition) is 1.